The Morgan fingerprint density at radius 2 is 1.77 bits per heavy atom. The van der Waals surface area contributed by atoms with E-state index >= 15 is 0 Å². The number of benzene rings is 2. The third-order valence-electron chi connectivity index (χ3n) is 5.90. The molecule has 1 unspecified atom stereocenters. The first kappa shape index (κ1) is 21.5. The lowest BCUT2D eigenvalue weighted by atomic mass is 9.84. The number of hydrogen-bond donors (Lipinski definition) is 0. The Bertz CT molecular complexity index is 1120. The molecular formula is C24H21Cl2N3O2. The maximum atomic E-state index is 13.0. The van der Waals surface area contributed by atoms with Gasteiger partial charge in [0.05, 0.1) is 10.6 Å². The predicted molar refractivity (Wildman–Crippen MR) is 122 cm³/mol. The van der Waals surface area contributed by atoms with Gasteiger partial charge in [0, 0.05) is 42.5 Å². The van der Waals surface area contributed by atoms with Crippen molar-refractivity contribution in [3.8, 4) is 0 Å². The molecule has 158 valence electrons. The van der Waals surface area contributed by atoms with Crippen LogP contribution in [0.25, 0.3) is 0 Å². The van der Waals surface area contributed by atoms with Gasteiger partial charge < -0.3 is 4.90 Å². The van der Waals surface area contributed by atoms with E-state index in [0.717, 1.165) is 41.2 Å². The topological polar surface area (TPSA) is 53.5 Å². The Hall–Kier alpha value is -2.73. The minimum absolute atomic E-state index is 0.126. The molecule has 2 aliphatic heterocycles. The van der Waals surface area contributed by atoms with Gasteiger partial charge in [0.25, 0.3) is 5.91 Å². The number of fused-ring (bicyclic) bond motifs is 2. The van der Waals surface area contributed by atoms with Crippen LogP contribution in [0.1, 0.15) is 31.8 Å². The summed E-state index contributed by atoms with van der Waals surface area (Å²) in [6, 6.07) is 17.4. The molecular weight excluding hydrogens is 433 g/mol. The number of aromatic nitrogens is 1. The molecule has 1 aromatic heterocycles. The van der Waals surface area contributed by atoms with Gasteiger partial charge in [-0.1, -0.05) is 53.5 Å². The Morgan fingerprint density at radius 3 is 2.45 bits per heavy atom. The van der Waals surface area contributed by atoms with Crippen molar-refractivity contribution in [2.45, 2.75) is 12.1 Å². The second-order valence-electron chi connectivity index (χ2n) is 7.55. The first-order valence-corrected chi connectivity index (χ1v) is 10.6. The lowest BCUT2D eigenvalue weighted by Crippen LogP contribution is -2.56. The molecule has 31 heavy (non-hydrogen) atoms. The summed E-state index contributed by atoms with van der Waals surface area (Å²) < 4.78 is 0. The first-order valence-electron chi connectivity index (χ1n) is 9.89. The van der Waals surface area contributed by atoms with Crippen LogP contribution in [0.4, 0.5) is 0 Å². The average molecular weight is 454 g/mol. The fraction of sp³-hybridized carbons (Fsp3) is 0.208. The molecule has 3 aromatic rings. The summed E-state index contributed by atoms with van der Waals surface area (Å²) in [6.45, 7) is 1.63. The zero-order valence-electron chi connectivity index (χ0n) is 17.0. The fourth-order valence-electron chi connectivity index (χ4n) is 4.29. The van der Waals surface area contributed by atoms with Gasteiger partial charge in [0.2, 0.25) is 0 Å². The average Bonchev–Trinajstić information content (AvgIpc) is 3.13. The molecule has 1 atom stereocenters. The number of carbonyl (C=O) groups excluding carboxylic acids is 2. The van der Waals surface area contributed by atoms with E-state index in [1.54, 1.807) is 6.07 Å². The maximum Gasteiger partial charge on any atom is 0.255 e. The number of carbonyl (C=O) groups is 2. The number of pyridine rings is 1. The Balaban J connectivity index is 0.000000217. The molecule has 3 heterocycles. The number of likely N-dealkylation sites (N-methyl/N-ethyl adjacent to an activating group) is 1. The van der Waals surface area contributed by atoms with Crippen molar-refractivity contribution < 1.29 is 9.59 Å². The largest absolute Gasteiger partial charge is 0.314 e. The molecule has 1 amide bonds. The first-order chi connectivity index (χ1) is 15.0. The SMILES string of the molecule is CN1CCN2C(=O)c3ccccc3CC12c1ccc(Cl)cc1.O=Cc1cnccc1Cl. The third kappa shape index (κ3) is 3.85. The highest BCUT2D eigenvalue weighted by Gasteiger charge is 2.52. The minimum atomic E-state index is -0.393. The van der Waals surface area contributed by atoms with Gasteiger partial charge >= 0.3 is 0 Å². The summed E-state index contributed by atoms with van der Waals surface area (Å²) in [4.78, 5) is 31.1. The smallest absolute Gasteiger partial charge is 0.255 e. The summed E-state index contributed by atoms with van der Waals surface area (Å²) in [5.41, 5.74) is 3.12. The molecule has 0 saturated carbocycles. The second-order valence-corrected chi connectivity index (χ2v) is 8.39. The third-order valence-corrected chi connectivity index (χ3v) is 6.49. The van der Waals surface area contributed by atoms with Crippen molar-refractivity contribution >= 4 is 35.4 Å². The van der Waals surface area contributed by atoms with E-state index in [4.69, 9.17) is 23.2 Å². The Kier molecular flexibility index (Phi) is 6.10. The van der Waals surface area contributed by atoms with Gasteiger partial charge in [-0.25, -0.2) is 0 Å². The Labute approximate surface area is 191 Å². The van der Waals surface area contributed by atoms with Gasteiger partial charge in [-0.15, -0.1) is 0 Å². The molecule has 5 rings (SSSR count). The molecule has 2 aromatic carbocycles. The van der Waals surface area contributed by atoms with Gasteiger partial charge in [-0.3, -0.25) is 19.5 Å². The number of rotatable bonds is 2. The van der Waals surface area contributed by atoms with Crippen molar-refractivity contribution in [2.24, 2.45) is 0 Å². The lowest BCUT2D eigenvalue weighted by molar-refractivity contribution is 0.0155. The van der Waals surface area contributed by atoms with Crippen LogP contribution >= 0.6 is 23.2 Å². The second kappa shape index (κ2) is 8.79. The standard InChI is InChI=1S/C18H17ClN2O.C6H4ClNO/c1-20-10-11-21-17(22)16-5-3-2-4-13(16)12-18(20,21)14-6-8-15(19)9-7-14;7-6-1-2-8-3-5(6)4-9/h2-9H,10-12H2,1H3;1-4H. The molecule has 5 nitrogen and oxygen atoms in total. The van der Waals surface area contributed by atoms with Crippen LogP contribution in [-0.4, -0.2) is 47.1 Å². The van der Waals surface area contributed by atoms with E-state index in [0.29, 0.717) is 16.9 Å². The van der Waals surface area contributed by atoms with Crippen LogP contribution in [0, 0.1) is 0 Å². The molecule has 0 N–H and O–H groups in total. The van der Waals surface area contributed by atoms with Crippen LogP contribution in [0.2, 0.25) is 10.0 Å². The van der Waals surface area contributed by atoms with Gasteiger partial charge in [0.15, 0.2) is 6.29 Å². The molecule has 0 radical (unpaired) electrons. The highest BCUT2D eigenvalue weighted by molar-refractivity contribution is 6.32. The zero-order valence-corrected chi connectivity index (χ0v) is 18.5. The summed E-state index contributed by atoms with van der Waals surface area (Å²) in [6.07, 6.45) is 4.45. The molecule has 1 saturated heterocycles. The lowest BCUT2D eigenvalue weighted by Gasteiger charge is -2.46. The number of amides is 1. The number of halogens is 2. The number of hydrogen-bond acceptors (Lipinski definition) is 4. The zero-order chi connectivity index (χ0) is 22.0. The molecule has 1 fully saturated rings. The van der Waals surface area contributed by atoms with Gasteiger partial charge in [-0.05, 0) is 42.4 Å². The highest BCUT2D eigenvalue weighted by Crippen LogP contribution is 2.43. The Morgan fingerprint density at radius 1 is 1.03 bits per heavy atom. The summed E-state index contributed by atoms with van der Waals surface area (Å²) in [5, 5.41) is 1.16. The van der Waals surface area contributed by atoms with E-state index in [-0.39, 0.29) is 5.91 Å². The van der Waals surface area contributed by atoms with Crippen LogP contribution < -0.4 is 0 Å². The number of aldehydes is 1. The summed E-state index contributed by atoms with van der Waals surface area (Å²) in [7, 11) is 2.09. The summed E-state index contributed by atoms with van der Waals surface area (Å²) >= 11 is 11.6. The molecule has 7 heteroatoms. The van der Waals surface area contributed by atoms with Gasteiger partial charge in [-0.2, -0.15) is 0 Å². The van der Waals surface area contributed by atoms with Crippen LogP contribution in [-0.2, 0) is 12.1 Å². The quantitative estimate of drug-likeness (QED) is 0.528. The van der Waals surface area contributed by atoms with Crippen molar-refractivity contribution in [2.75, 3.05) is 20.1 Å². The van der Waals surface area contributed by atoms with E-state index in [1.807, 2.05) is 47.4 Å². The van der Waals surface area contributed by atoms with Crippen molar-refractivity contribution in [3.05, 3.63) is 99.3 Å². The van der Waals surface area contributed by atoms with E-state index in [1.165, 1.54) is 12.4 Å². The van der Waals surface area contributed by atoms with E-state index in [2.05, 4.69) is 23.0 Å². The van der Waals surface area contributed by atoms with Crippen molar-refractivity contribution in [1.82, 2.24) is 14.8 Å². The normalized spacial score (nSPS) is 19.8. The van der Waals surface area contributed by atoms with Gasteiger partial charge in [0.1, 0.15) is 5.66 Å². The number of nitrogens with zero attached hydrogens (tertiary/aromatic N) is 3. The van der Waals surface area contributed by atoms with E-state index in [9.17, 15) is 9.59 Å². The molecule has 0 bridgehead atoms. The molecule has 0 spiro atoms. The molecule has 2 aliphatic rings. The summed E-state index contributed by atoms with van der Waals surface area (Å²) in [5.74, 6) is 0.126. The van der Waals surface area contributed by atoms with Crippen molar-refractivity contribution in [3.63, 3.8) is 0 Å². The highest BCUT2D eigenvalue weighted by atomic mass is 35.5. The fourth-order valence-corrected chi connectivity index (χ4v) is 4.57. The predicted octanol–water partition coefficient (Wildman–Crippen LogP) is 4.68. The van der Waals surface area contributed by atoms with Crippen LogP contribution in [0.5, 0.6) is 0 Å². The van der Waals surface area contributed by atoms with Crippen molar-refractivity contribution in [1.29, 1.82) is 0 Å². The molecule has 0 aliphatic carbocycles. The minimum Gasteiger partial charge on any atom is -0.314 e. The van der Waals surface area contributed by atoms with Crippen LogP contribution in [0.3, 0.4) is 0 Å². The van der Waals surface area contributed by atoms with Crippen LogP contribution in [0.15, 0.2) is 67.0 Å². The maximum absolute atomic E-state index is 13.0. The van der Waals surface area contributed by atoms with E-state index < -0.39 is 5.66 Å². The monoisotopic (exact) mass is 453 g/mol.